The van der Waals surface area contributed by atoms with Gasteiger partial charge >= 0.3 is 0 Å². The number of likely N-dealkylation sites (N-methyl/N-ethyl adjacent to an activating group) is 1. The molecule has 1 aliphatic heterocycles. The van der Waals surface area contributed by atoms with Crippen molar-refractivity contribution in [1.82, 2.24) is 10.2 Å². The molecule has 0 spiro atoms. The van der Waals surface area contributed by atoms with Gasteiger partial charge in [0.1, 0.15) is 18.5 Å². The Morgan fingerprint density at radius 1 is 1.43 bits per heavy atom. The van der Waals surface area contributed by atoms with Gasteiger partial charge in [-0.2, -0.15) is 0 Å². The molecule has 0 saturated carbocycles. The van der Waals surface area contributed by atoms with Crippen LogP contribution < -0.4 is 10.1 Å². The predicted octanol–water partition coefficient (Wildman–Crippen LogP) is 1.13. The zero-order valence-corrected chi connectivity index (χ0v) is 13.0. The first-order valence-electron chi connectivity index (χ1n) is 7.49. The first kappa shape index (κ1) is 16.2. The van der Waals surface area contributed by atoms with E-state index < -0.39 is 0 Å². The molecule has 0 aliphatic carbocycles. The molecule has 118 valence electrons. The average molecular weight is 294 g/mol. The lowest BCUT2D eigenvalue weighted by molar-refractivity contribution is -0.0403. The summed E-state index contributed by atoms with van der Waals surface area (Å²) < 4.78 is 16.6. The third kappa shape index (κ3) is 6.01. The van der Waals surface area contributed by atoms with E-state index in [9.17, 15) is 0 Å². The van der Waals surface area contributed by atoms with Crippen LogP contribution in [0.25, 0.3) is 0 Å². The predicted molar refractivity (Wildman–Crippen MR) is 82.8 cm³/mol. The van der Waals surface area contributed by atoms with E-state index in [1.165, 1.54) is 5.56 Å². The molecule has 1 fully saturated rings. The van der Waals surface area contributed by atoms with Crippen molar-refractivity contribution in [2.45, 2.75) is 12.6 Å². The fourth-order valence-electron chi connectivity index (χ4n) is 2.31. The first-order chi connectivity index (χ1) is 10.3. The lowest BCUT2D eigenvalue weighted by Crippen LogP contribution is -2.42. The highest BCUT2D eigenvalue weighted by Crippen LogP contribution is 2.14. The van der Waals surface area contributed by atoms with Gasteiger partial charge in [-0.1, -0.05) is 12.1 Å². The standard InChI is InChI=1S/C16H26N2O3/c1-18-7-9-20-16(12-18)13-21-15-5-3-4-14(10-15)11-17-6-8-19-2/h3-5,10,16-17H,6-9,11-13H2,1-2H3. The number of nitrogens with one attached hydrogen (secondary N) is 1. The van der Waals surface area contributed by atoms with Crippen molar-refractivity contribution in [1.29, 1.82) is 0 Å². The summed E-state index contributed by atoms with van der Waals surface area (Å²) in [5, 5.41) is 3.33. The SMILES string of the molecule is COCCNCc1cccc(OCC2CN(C)CCO2)c1. The highest BCUT2D eigenvalue weighted by molar-refractivity contribution is 5.28. The Morgan fingerprint density at radius 3 is 3.14 bits per heavy atom. The van der Waals surface area contributed by atoms with Crippen LogP contribution in [0.2, 0.25) is 0 Å². The van der Waals surface area contributed by atoms with E-state index in [1.54, 1.807) is 7.11 Å². The molecule has 5 heteroatoms. The number of methoxy groups -OCH3 is 1. The molecule has 0 radical (unpaired) electrons. The molecule has 1 unspecified atom stereocenters. The van der Waals surface area contributed by atoms with Gasteiger partial charge in [-0.25, -0.2) is 0 Å². The molecule has 0 bridgehead atoms. The van der Waals surface area contributed by atoms with E-state index in [-0.39, 0.29) is 6.10 Å². The summed E-state index contributed by atoms with van der Waals surface area (Å²) in [6.45, 7) is 5.71. The molecule has 1 heterocycles. The van der Waals surface area contributed by atoms with Crippen molar-refractivity contribution in [3.05, 3.63) is 29.8 Å². The fourth-order valence-corrected chi connectivity index (χ4v) is 2.31. The smallest absolute Gasteiger partial charge is 0.119 e. The summed E-state index contributed by atoms with van der Waals surface area (Å²) in [6.07, 6.45) is 0.159. The normalized spacial score (nSPS) is 19.6. The summed E-state index contributed by atoms with van der Waals surface area (Å²) in [6, 6.07) is 8.19. The van der Waals surface area contributed by atoms with Crippen molar-refractivity contribution in [2.75, 3.05) is 53.6 Å². The molecule has 5 nitrogen and oxygen atoms in total. The highest BCUT2D eigenvalue weighted by atomic mass is 16.5. The van der Waals surface area contributed by atoms with Crippen LogP contribution in [0.1, 0.15) is 5.56 Å². The van der Waals surface area contributed by atoms with Crippen LogP contribution in [0.4, 0.5) is 0 Å². The lowest BCUT2D eigenvalue weighted by atomic mass is 10.2. The topological polar surface area (TPSA) is 43.0 Å². The molecule has 1 aromatic rings. The minimum atomic E-state index is 0.159. The van der Waals surface area contributed by atoms with Crippen LogP contribution >= 0.6 is 0 Å². The summed E-state index contributed by atoms with van der Waals surface area (Å²) in [7, 11) is 3.82. The van der Waals surface area contributed by atoms with Crippen molar-refractivity contribution < 1.29 is 14.2 Å². The first-order valence-corrected chi connectivity index (χ1v) is 7.49. The van der Waals surface area contributed by atoms with Gasteiger partial charge in [0.2, 0.25) is 0 Å². The Kier molecular flexibility index (Phi) is 6.95. The largest absolute Gasteiger partial charge is 0.491 e. The number of hydrogen-bond donors (Lipinski definition) is 1. The molecule has 2 rings (SSSR count). The third-order valence-electron chi connectivity index (χ3n) is 3.49. The van der Waals surface area contributed by atoms with Crippen LogP contribution in [-0.4, -0.2) is 64.6 Å². The molecule has 0 amide bonds. The van der Waals surface area contributed by atoms with Crippen LogP contribution in [0, 0.1) is 0 Å². The van der Waals surface area contributed by atoms with Crippen LogP contribution in [0.5, 0.6) is 5.75 Å². The number of morpholine rings is 1. The van der Waals surface area contributed by atoms with E-state index in [1.807, 2.05) is 12.1 Å². The second kappa shape index (κ2) is 9.00. The molecule has 1 saturated heterocycles. The van der Waals surface area contributed by atoms with Gasteiger partial charge in [-0.3, -0.25) is 0 Å². The Bertz CT molecular complexity index is 414. The summed E-state index contributed by atoms with van der Waals surface area (Å²) in [5.74, 6) is 0.901. The molecule has 1 atom stereocenters. The third-order valence-corrected chi connectivity index (χ3v) is 3.49. The van der Waals surface area contributed by atoms with Gasteiger partial charge in [-0.15, -0.1) is 0 Å². The second-order valence-electron chi connectivity index (χ2n) is 5.38. The Morgan fingerprint density at radius 2 is 2.33 bits per heavy atom. The molecule has 0 aromatic heterocycles. The zero-order valence-electron chi connectivity index (χ0n) is 13.0. The summed E-state index contributed by atoms with van der Waals surface area (Å²) in [4.78, 5) is 2.27. The fraction of sp³-hybridized carbons (Fsp3) is 0.625. The number of rotatable bonds is 8. The Balaban J connectivity index is 1.75. The lowest BCUT2D eigenvalue weighted by Gasteiger charge is -2.29. The average Bonchev–Trinajstić information content (AvgIpc) is 2.50. The number of benzene rings is 1. The quantitative estimate of drug-likeness (QED) is 0.728. The molecular weight excluding hydrogens is 268 g/mol. The van der Waals surface area contributed by atoms with Gasteiger partial charge in [0, 0.05) is 33.3 Å². The van der Waals surface area contributed by atoms with Crippen molar-refractivity contribution in [3.8, 4) is 5.75 Å². The molecule has 21 heavy (non-hydrogen) atoms. The zero-order chi connectivity index (χ0) is 14.9. The summed E-state index contributed by atoms with van der Waals surface area (Å²) >= 11 is 0. The van der Waals surface area contributed by atoms with Gasteiger partial charge in [0.15, 0.2) is 0 Å². The Hall–Kier alpha value is -1.14. The van der Waals surface area contributed by atoms with Crippen molar-refractivity contribution in [3.63, 3.8) is 0 Å². The minimum absolute atomic E-state index is 0.159. The van der Waals surface area contributed by atoms with Crippen molar-refractivity contribution >= 4 is 0 Å². The van der Waals surface area contributed by atoms with Gasteiger partial charge in [0.25, 0.3) is 0 Å². The maximum Gasteiger partial charge on any atom is 0.119 e. The summed E-state index contributed by atoms with van der Waals surface area (Å²) in [5.41, 5.74) is 1.21. The van der Waals surface area contributed by atoms with Crippen LogP contribution in [0.3, 0.4) is 0 Å². The molecule has 1 aromatic carbocycles. The van der Waals surface area contributed by atoms with E-state index >= 15 is 0 Å². The second-order valence-corrected chi connectivity index (χ2v) is 5.38. The van der Waals surface area contributed by atoms with Crippen LogP contribution in [0.15, 0.2) is 24.3 Å². The van der Waals surface area contributed by atoms with E-state index in [4.69, 9.17) is 14.2 Å². The number of nitrogens with zero attached hydrogens (tertiary/aromatic N) is 1. The van der Waals surface area contributed by atoms with E-state index in [0.717, 1.165) is 45.1 Å². The van der Waals surface area contributed by atoms with Gasteiger partial charge < -0.3 is 24.4 Å². The maximum atomic E-state index is 5.86. The molecule has 1 N–H and O–H groups in total. The Labute approximate surface area is 127 Å². The van der Waals surface area contributed by atoms with Gasteiger partial charge in [-0.05, 0) is 24.7 Å². The highest BCUT2D eigenvalue weighted by Gasteiger charge is 2.18. The van der Waals surface area contributed by atoms with E-state index in [0.29, 0.717) is 6.61 Å². The van der Waals surface area contributed by atoms with Gasteiger partial charge in [0.05, 0.1) is 13.2 Å². The van der Waals surface area contributed by atoms with Crippen LogP contribution in [-0.2, 0) is 16.0 Å². The minimum Gasteiger partial charge on any atom is -0.491 e. The number of ether oxygens (including phenoxy) is 3. The monoisotopic (exact) mass is 294 g/mol. The molecule has 1 aliphatic rings. The van der Waals surface area contributed by atoms with Crippen molar-refractivity contribution in [2.24, 2.45) is 0 Å². The number of hydrogen-bond acceptors (Lipinski definition) is 5. The molecular formula is C16H26N2O3. The van der Waals surface area contributed by atoms with E-state index in [2.05, 4.69) is 29.4 Å². The maximum absolute atomic E-state index is 5.86.